The molecule has 2 aliphatic rings. The highest BCUT2D eigenvalue weighted by atomic mass is 35.5. The van der Waals surface area contributed by atoms with Crippen LogP contribution in [0.2, 0.25) is 5.02 Å². The monoisotopic (exact) mass is 566 g/mol. The van der Waals surface area contributed by atoms with E-state index in [0.717, 1.165) is 55.2 Å². The van der Waals surface area contributed by atoms with Crippen molar-refractivity contribution >= 4 is 29.2 Å². The number of nitrogens with zero attached hydrogens (tertiary/aromatic N) is 4. The summed E-state index contributed by atoms with van der Waals surface area (Å²) >= 11 is 6.35. The molecule has 4 rings (SSSR count). The van der Waals surface area contributed by atoms with E-state index in [1.165, 1.54) is 29.3 Å². The highest BCUT2D eigenvalue weighted by molar-refractivity contribution is 6.34. The minimum absolute atomic E-state index is 0.188. The first-order valence-corrected chi connectivity index (χ1v) is 13.6. The van der Waals surface area contributed by atoms with Crippen molar-refractivity contribution in [2.75, 3.05) is 45.2 Å². The van der Waals surface area contributed by atoms with Gasteiger partial charge < -0.3 is 19.8 Å². The lowest BCUT2D eigenvalue weighted by Crippen LogP contribution is -2.57. The van der Waals surface area contributed by atoms with Crippen LogP contribution in [0.25, 0.3) is 0 Å². The zero-order valence-corrected chi connectivity index (χ0v) is 22.9. The second-order valence-corrected chi connectivity index (χ2v) is 11.1. The summed E-state index contributed by atoms with van der Waals surface area (Å²) in [6.45, 7) is 1.96. The third-order valence-corrected chi connectivity index (χ3v) is 8.21. The highest BCUT2D eigenvalue weighted by Crippen LogP contribution is 2.41. The van der Waals surface area contributed by atoms with Crippen molar-refractivity contribution in [3.05, 3.63) is 58.7 Å². The molecule has 2 aromatic rings. The number of aliphatic hydroxyl groups is 1. The van der Waals surface area contributed by atoms with Gasteiger partial charge in [-0.25, -0.2) is 4.98 Å². The molecule has 212 valence electrons. The highest BCUT2D eigenvalue weighted by Gasteiger charge is 2.62. The first-order valence-electron chi connectivity index (χ1n) is 13.2. The second kappa shape index (κ2) is 11.7. The zero-order chi connectivity index (χ0) is 28.4. The topological polar surface area (TPSA) is 77.0 Å². The quantitative estimate of drug-likeness (QED) is 0.547. The number of hydrogen-bond acceptors (Lipinski definition) is 5. The molecular weight excluding hydrogens is 533 g/mol. The summed E-state index contributed by atoms with van der Waals surface area (Å²) in [5, 5.41) is 11.0. The molecule has 0 bridgehead atoms. The lowest BCUT2D eigenvalue weighted by atomic mass is 9.82. The van der Waals surface area contributed by atoms with Crippen LogP contribution >= 0.6 is 11.6 Å². The summed E-state index contributed by atoms with van der Waals surface area (Å²) < 4.78 is 41.7. The van der Waals surface area contributed by atoms with Crippen molar-refractivity contribution in [2.24, 2.45) is 11.8 Å². The molecule has 39 heavy (non-hydrogen) atoms. The predicted molar refractivity (Wildman–Crippen MR) is 143 cm³/mol. The molecule has 1 atom stereocenters. The van der Waals surface area contributed by atoms with E-state index < -0.39 is 23.2 Å². The average molecular weight is 567 g/mol. The molecule has 11 heteroatoms. The van der Waals surface area contributed by atoms with Gasteiger partial charge in [0, 0.05) is 58.1 Å². The Kier molecular flexibility index (Phi) is 8.75. The molecule has 0 unspecified atom stereocenters. The number of likely N-dealkylation sites (tertiary alicyclic amines) is 1. The number of alkyl halides is 3. The largest absolute Gasteiger partial charge is 0.430 e. The Labute approximate surface area is 231 Å². The zero-order valence-electron chi connectivity index (χ0n) is 22.1. The minimum Gasteiger partial charge on any atom is -0.369 e. The van der Waals surface area contributed by atoms with Gasteiger partial charge in [0.2, 0.25) is 0 Å². The normalized spacial score (nSPS) is 19.1. The van der Waals surface area contributed by atoms with Gasteiger partial charge in [0.1, 0.15) is 5.82 Å². The Balaban J connectivity index is 1.29. The number of hydrogen-bond donors (Lipinski definition) is 1. The van der Waals surface area contributed by atoms with E-state index in [1.54, 1.807) is 20.2 Å². The molecule has 0 spiro atoms. The maximum absolute atomic E-state index is 13.9. The number of halogens is 4. The van der Waals surface area contributed by atoms with Crippen LogP contribution in [-0.2, 0) is 10.4 Å². The van der Waals surface area contributed by atoms with Gasteiger partial charge in [0.15, 0.2) is 0 Å². The van der Waals surface area contributed by atoms with Crippen molar-refractivity contribution in [3.63, 3.8) is 0 Å². The summed E-state index contributed by atoms with van der Waals surface area (Å²) in [6.07, 6.45) is 0.427. The average Bonchev–Trinajstić information content (AvgIpc) is 2.92. The molecular formula is C28H34ClF3N4O3. The van der Waals surface area contributed by atoms with Gasteiger partial charge in [0.05, 0.1) is 10.6 Å². The fourth-order valence-corrected chi connectivity index (χ4v) is 5.78. The summed E-state index contributed by atoms with van der Waals surface area (Å²) in [7, 11) is 3.32. The summed E-state index contributed by atoms with van der Waals surface area (Å²) in [4.78, 5) is 34.4. The van der Waals surface area contributed by atoms with Crippen molar-refractivity contribution in [1.29, 1.82) is 0 Å². The van der Waals surface area contributed by atoms with Crippen LogP contribution < -0.4 is 4.90 Å². The number of benzene rings is 1. The number of rotatable bonds is 6. The molecule has 2 amide bonds. The molecule has 3 heterocycles. The van der Waals surface area contributed by atoms with Crippen LogP contribution in [0.3, 0.4) is 0 Å². The van der Waals surface area contributed by atoms with Crippen LogP contribution in [-0.4, -0.2) is 78.2 Å². The van der Waals surface area contributed by atoms with Crippen LogP contribution in [0.5, 0.6) is 0 Å². The number of carbonyl (C=O) groups excluding carboxylic acids is 2. The van der Waals surface area contributed by atoms with E-state index in [4.69, 9.17) is 11.6 Å². The fourth-order valence-electron chi connectivity index (χ4n) is 5.55. The van der Waals surface area contributed by atoms with E-state index in [0.29, 0.717) is 35.3 Å². The number of aromatic nitrogens is 1. The number of anilines is 1. The summed E-state index contributed by atoms with van der Waals surface area (Å²) in [5.74, 6) is 0.00224. The van der Waals surface area contributed by atoms with Crippen LogP contribution in [0.1, 0.15) is 48.0 Å². The minimum atomic E-state index is -5.13. The Morgan fingerprint density at radius 1 is 1.03 bits per heavy atom. The van der Waals surface area contributed by atoms with Gasteiger partial charge in [0.25, 0.3) is 17.4 Å². The Hall–Kier alpha value is -2.85. The van der Waals surface area contributed by atoms with Gasteiger partial charge in [-0.2, -0.15) is 13.2 Å². The lowest BCUT2D eigenvalue weighted by molar-refractivity contribution is -0.262. The second-order valence-electron chi connectivity index (χ2n) is 10.7. The predicted octanol–water partition coefficient (Wildman–Crippen LogP) is 4.73. The van der Waals surface area contributed by atoms with E-state index in [2.05, 4.69) is 9.88 Å². The Morgan fingerprint density at radius 2 is 1.59 bits per heavy atom. The number of carbonyl (C=O) groups is 2. The molecule has 1 aromatic carbocycles. The van der Waals surface area contributed by atoms with Gasteiger partial charge in [-0.15, -0.1) is 0 Å². The molecule has 0 saturated carbocycles. The van der Waals surface area contributed by atoms with E-state index in [-0.39, 0.29) is 19.0 Å². The van der Waals surface area contributed by atoms with Crippen molar-refractivity contribution in [2.45, 2.75) is 43.9 Å². The molecule has 2 aliphatic heterocycles. The number of piperidine rings is 2. The third-order valence-electron chi connectivity index (χ3n) is 7.89. The van der Waals surface area contributed by atoms with Crippen molar-refractivity contribution in [1.82, 2.24) is 14.8 Å². The van der Waals surface area contributed by atoms with Gasteiger partial charge in [-0.3, -0.25) is 9.59 Å². The standard InChI is InChI=1S/C28H34ClF3N4O3/c1-34(2)25(37)22-18-33-24(17-23(22)29)35-12-8-19(9-13-35)16-20-10-14-36(15-11-20)26(38)27(39,28(30,31)32)21-6-4-3-5-7-21/h3-7,17-20,39H,8-16H2,1-2H3/t27-/m1/s1. The third kappa shape index (κ3) is 6.17. The smallest absolute Gasteiger partial charge is 0.369 e. The molecule has 1 aromatic heterocycles. The van der Waals surface area contributed by atoms with E-state index in [1.807, 2.05) is 0 Å². The van der Waals surface area contributed by atoms with Gasteiger partial charge >= 0.3 is 6.18 Å². The maximum atomic E-state index is 13.9. The van der Waals surface area contributed by atoms with Crippen LogP contribution in [0, 0.1) is 11.8 Å². The van der Waals surface area contributed by atoms with Gasteiger partial charge in [-0.1, -0.05) is 41.9 Å². The molecule has 7 nitrogen and oxygen atoms in total. The van der Waals surface area contributed by atoms with Crippen molar-refractivity contribution < 1.29 is 27.9 Å². The molecule has 0 radical (unpaired) electrons. The Bertz CT molecular complexity index is 1160. The number of pyridine rings is 1. The SMILES string of the molecule is CN(C)C(=O)c1cnc(N2CCC(CC3CCN(C(=O)[C@](O)(c4ccccc4)C(F)(F)F)CC3)CC2)cc1Cl. The summed E-state index contributed by atoms with van der Waals surface area (Å²) in [5.41, 5.74) is -3.66. The molecule has 2 saturated heterocycles. The maximum Gasteiger partial charge on any atom is 0.430 e. The number of amides is 2. The summed E-state index contributed by atoms with van der Waals surface area (Å²) in [6, 6.07) is 8.28. The van der Waals surface area contributed by atoms with Crippen LogP contribution in [0.15, 0.2) is 42.6 Å². The van der Waals surface area contributed by atoms with E-state index in [9.17, 15) is 27.9 Å². The molecule has 1 N–H and O–H groups in total. The molecule has 0 aliphatic carbocycles. The molecule has 2 fully saturated rings. The fraction of sp³-hybridized carbons (Fsp3) is 0.536. The Morgan fingerprint density at radius 3 is 2.10 bits per heavy atom. The van der Waals surface area contributed by atoms with Crippen molar-refractivity contribution in [3.8, 4) is 0 Å². The van der Waals surface area contributed by atoms with E-state index >= 15 is 0 Å². The van der Waals surface area contributed by atoms with Gasteiger partial charge in [-0.05, 0) is 43.9 Å². The van der Waals surface area contributed by atoms with Crippen LogP contribution in [0.4, 0.5) is 19.0 Å². The lowest BCUT2D eigenvalue weighted by Gasteiger charge is -2.40. The first kappa shape index (κ1) is 29.1. The first-order chi connectivity index (χ1) is 18.4.